The molecule has 0 spiro atoms. The first kappa shape index (κ1) is 15.0. The minimum absolute atomic E-state index is 0.0585. The molecule has 1 fully saturated rings. The summed E-state index contributed by atoms with van der Waals surface area (Å²) < 4.78 is 0. The molecule has 0 aromatic heterocycles. The van der Waals surface area contributed by atoms with Crippen LogP contribution in [-0.2, 0) is 9.59 Å². The van der Waals surface area contributed by atoms with Crippen LogP contribution in [0.2, 0.25) is 0 Å². The maximum atomic E-state index is 11.9. The van der Waals surface area contributed by atoms with E-state index in [4.69, 9.17) is 5.11 Å². The summed E-state index contributed by atoms with van der Waals surface area (Å²) >= 11 is 0. The molecule has 0 aromatic rings. The van der Waals surface area contributed by atoms with Gasteiger partial charge in [0.25, 0.3) is 0 Å². The van der Waals surface area contributed by atoms with Crippen LogP contribution in [0.1, 0.15) is 46.0 Å². The van der Waals surface area contributed by atoms with Crippen molar-refractivity contribution in [1.29, 1.82) is 0 Å². The highest BCUT2D eigenvalue weighted by Gasteiger charge is 2.29. The molecule has 0 aliphatic carbocycles. The average Bonchev–Trinajstić information content (AvgIpc) is 2.36. The molecule has 1 saturated heterocycles. The Morgan fingerprint density at radius 3 is 2.56 bits per heavy atom. The first-order valence-corrected chi connectivity index (χ1v) is 6.84. The summed E-state index contributed by atoms with van der Waals surface area (Å²) in [5.41, 5.74) is 0. The number of aliphatic carboxylic acids is 1. The summed E-state index contributed by atoms with van der Waals surface area (Å²) in [7, 11) is 0. The number of hydrogen-bond donors (Lipinski definition) is 2. The van der Waals surface area contributed by atoms with Gasteiger partial charge in [0, 0.05) is 6.04 Å². The van der Waals surface area contributed by atoms with Gasteiger partial charge < -0.3 is 10.4 Å². The number of hydrogen-bond acceptors (Lipinski definition) is 3. The van der Waals surface area contributed by atoms with Crippen LogP contribution in [0.4, 0.5) is 0 Å². The molecule has 0 aromatic carbocycles. The third-order valence-corrected chi connectivity index (χ3v) is 3.60. The number of carbonyl (C=O) groups is 2. The standard InChI is InChI=1S/C13H24N2O3/c1-3-10(4-2)14-12(16)9-15-8-6-5-7-11(15)13(17)18/h10-11H,3-9H2,1-2H3,(H,14,16)(H,17,18). The predicted octanol–water partition coefficient (Wildman–Crippen LogP) is 1.23. The van der Waals surface area contributed by atoms with Crippen molar-refractivity contribution in [3.05, 3.63) is 0 Å². The normalized spacial score (nSPS) is 20.9. The molecule has 0 saturated carbocycles. The van der Waals surface area contributed by atoms with E-state index in [1.54, 1.807) is 4.90 Å². The molecule has 1 rings (SSSR count). The van der Waals surface area contributed by atoms with Crippen molar-refractivity contribution in [2.75, 3.05) is 13.1 Å². The van der Waals surface area contributed by atoms with E-state index < -0.39 is 12.0 Å². The highest BCUT2D eigenvalue weighted by Crippen LogP contribution is 2.16. The Kier molecular flexibility index (Phi) is 6.12. The van der Waals surface area contributed by atoms with Crippen LogP contribution in [-0.4, -0.2) is 47.1 Å². The van der Waals surface area contributed by atoms with Gasteiger partial charge in [0.2, 0.25) is 5.91 Å². The van der Waals surface area contributed by atoms with E-state index in [1.165, 1.54) is 0 Å². The number of nitrogens with one attached hydrogen (secondary N) is 1. The molecule has 2 N–H and O–H groups in total. The average molecular weight is 256 g/mol. The minimum Gasteiger partial charge on any atom is -0.480 e. The molecule has 5 heteroatoms. The Bertz CT molecular complexity index is 290. The van der Waals surface area contributed by atoms with Crippen molar-refractivity contribution in [3.63, 3.8) is 0 Å². The van der Waals surface area contributed by atoms with Crippen molar-refractivity contribution in [1.82, 2.24) is 10.2 Å². The van der Waals surface area contributed by atoms with Crippen LogP contribution in [0.25, 0.3) is 0 Å². The Balaban J connectivity index is 2.48. The molecule has 1 heterocycles. The van der Waals surface area contributed by atoms with E-state index in [-0.39, 0.29) is 18.5 Å². The Hall–Kier alpha value is -1.10. The smallest absolute Gasteiger partial charge is 0.320 e. The molecule has 5 nitrogen and oxygen atoms in total. The van der Waals surface area contributed by atoms with Crippen molar-refractivity contribution >= 4 is 11.9 Å². The molecule has 1 aliphatic heterocycles. The van der Waals surface area contributed by atoms with Gasteiger partial charge in [-0.3, -0.25) is 14.5 Å². The second kappa shape index (κ2) is 7.36. The van der Waals surface area contributed by atoms with Gasteiger partial charge in [-0.05, 0) is 32.2 Å². The summed E-state index contributed by atoms with van der Waals surface area (Å²) in [6.07, 6.45) is 4.37. The second-order valence-corrected chi connectivity index (χ2v) is 4.90. The number of rotatable bonds is 6. The fourth-order valence-electron chi connectivity index (χ4n) is 2.41. The molecule has 1 amide bonds. The Morgan fingerprint density at radius 1 is 1.33 bits per heavy atom. The lowest BCUT2D eigenvalue weighted by atomic mass is 10.0. The quantitative estimate of drug-likeness (QED) is 0.750. The number of carboxylic acids is 1. The zero-order valence-corrected chi connectivity index (χ0v) is 11.3. The lowest BCUT2D eigenvalue weighted by Crippen LogP contribution is -2.50. The van der Waals surface area contributed by atoms with Gasteiger partial charge in [-0.2, -0.15) is 0 Å². The van der Waals surface area contributed by atoms with Crippen LogP contribution < -0.4 is 5.32 Å². The fourth-order valence-corrected chi connectivity index (χ4v) is 2.41. The number of piperidine rings is 1. The van der Waals surface area contributed by atoms with Gasteiger partial charge in [0.1, 0.15) is 6.04 Å². The fraction of sp³-hybridized carbons (Fsp3) is 0.846. The minimum atomic E-state index is -0.815. The molecule has 1 atom stereocenters. The van der Waals surface area contributed by atoms with Gasteiger partial charge in [-0.1, -0.05) is 20.3 Å². The van der Waals surface area contributed by atoms with E-state index in [1.807, 2.05) is 13.8 Å². The molecule has 104 valence electrons. The first-order valence-electron chi connectivity index (χ1n) is 6.84. The van der Waals surface area contributed by atoms with Crippen LogP contribution in [0.15, 0.2) is 0 Å². The van der Waals surface area contributed by atoms with Crippen molar-refractivity contribution in [2.24, 2.45) is 0 Å². The van der Waals surface area contributed by atoms with Crippen LogP contribution in [0.3, 0.4) is 0 Å². The molecule has 0 bridgehead atoms. The monoisotopic (exact) mass is 256 g/mol. The summed E-state index contributed by atoms with van der Waals surface area (Å²) in [4.78, 5) is 24.8. The SMILES string of the molecule is CCC(CC)NC(=O)CN1CCCCC1C(=O)O. The summed E-state index contributed by atoms with van der Waals surface area (Å²) in [6, 6.07) is -0.295. The maximum absolute atomic E-state index is 11.9. The molecule has 1 aliphatic rings. The van der Waals surface area contributed by atoms with Crippen molar-refractivity contribution < 1.29 is 14.7 Å². The molecule has 18 heavy (non-hydrogen) atoms. The summed E-state index contributed by atoms with van der Waals surface area (Å²) in [5, 5.41) is 12.1. The van der Waals surface area contributed by atoms with Gasteiger partial charge in [-0.15, -0.1) is 0 Å². The largest absolute Gasteiger partial charge is 0.480 e. The van der Waals surface area contributed by atoms with Crippen LogP contribution in [0.5, 0.6) is 0 Å². The lowest BCUT2D eigenvalue weighted by molar-refractivity contribution is -0.145. The maximum Gasteiger partial charge on any atom is 0.320 e. The van der Waals surface area contributed by atoms with Crippen LogP contribution in [0, 0.1) is 0 Å². The number of likely N-dealkylation sites (tertiary alicyclic amines) is 1. The van der Waals surface area contributed by atoms with Gasteiger partial charge >= 0.3 is 5.97 Å². The van der Waals surface area contributed by atoms with Crippen molar-refractivity contribution in [3.8, 4) is 0 Å². The number of carboxylic acid groups (broad SMARTS) is 1. The van der Waals surface area contributed by atoms with E-state index in [0.717, 1.165) is 25.7 Å². The first-order chi connectivity index (χ1) is 8.58. The molecular weight excluding hydrogens is 232 g/mol. The van der Waals surface area contributed by atoms with Crippen LogP contribution >= 0.6 is 0 Å². The highest BCUT2D eigenvalue weighted by molar-refractivity contribution is 5.80. The highest BCUT2D eigenvalue weighted by atomic mass is 16.4. The Labute approximate surface area is 109 Å². The van der Waals surface area contributed by atoms with E-state index in [9.17, 15) is 9.59 Å². The van der Waals surface area contributed by atoms with Crippen molar-refractivity contribution in [2.45, 2.75) is 58.0 Å². The van der Waals surface area contributed by atoms with Gasteiger partial charge in [0.15, 0.2) is 0 Å². The Morgan fingerprint density at radius 2 is 2.00 bits per heavy atom. The lowest BCUT2D eigenvalue weighted by Gasteiger charge is -2.32. The molecular formula is C13H24N2O3. The van der Waals surface area contributed by atoms with Gasteiger partial charge in [0.05, 0.1) is 6.54 Å². The summed E-state index contributed by atoms with van der Waals surface area (Å²) in [6.45, 7) is 4.98. The zero-order chi connectivity index (χ0) is 13.5. The predicted molar refractivity (Wildman–Crippen MR) is 69.4 cm³/mol. The van der Waals surface area contributed by atoms with Gasteiger partial charge in [-0.25, -0.2) is 0 Å². The van der Waals surface area contributed by atoms with E-state index in [2.05, 4.69) is 5.32 Å². The number of nitrogens with zero attached hydrogens (tertiary/aromatic N) is 1. The molecule has 0 radical (unpaired) electrons. The summed E-state index contributed by atoms with van der Waals surface area (Å²) in [5.74, 6) is -0.873. The zero-order valence-electron chi connectivity index (χ0n) is 11.3. The number of amides is 1. The third kappa shape index (κ3) is 4.29. The molecule has 1 unspecified atom stereocenters. The topological polar surface area (TPSA) is 69.6 Å². The second-order valence-electron chi connectivity index (χ2n) is 4.90. The third-order valence-electron chi connectivity index (χ3n) is 3.60. The number of carbonyl (C=O) groups excluding carboxylic acids is 1. The van der Waals surface area contributed by atoms with E-state index in [0.29, 0.717) is 13.0 Å². The van der Waals surface area contributed by atoms with E-state index >= 15 is 0 Å².